The van der Waals surface area contributed by atoms with Crippen LogP contribution in [0.25, 0.3) is 10.8 Å². The van der Waals surface area contributed by atoms with Gasteiger partial charge in [-0.1, -0.05) is 30.3 Å². The number of hydrogen-bond acceptors (Lipinski definition) is 2. The molecule has 0 aliphatic heterocycles. The van der Waals surface area contributed by atoms with Gasteiger partial charge in [-0.2, -0.15) is 0 Å². The molecular weight excluding hydrogens is 200 g/mol. The third-order valence-electron chi connectivity index (χ3n) is 2.50. The molecule has 0 aliphatic carbocycles. The van der Waals surface area contributed by atoms with Crippen molar-refractivity contribution >= 4 is 16.7 Å². The fourth-order valence-corrected chi connectivity index (χ4v) is 1.84. The van der Waals surface area contributed by atoms with Gasteiger partial charge in [0, 0.05) is 0 Å². The molecule has 0 fully saturated rings. The highest BCUT2D eigenvalue weighted by molar-refractivity contribution is 6.04. The van der Waals surface area contributed by atoms with Crippen LogP contribution in [0.3, 0.4) is 0 Å². The molecule has 0 heterocycles. The minimum Gasteiger partial charge on any atom is -0.462 e. The van der Waals surface area contributed by atoms with Crippen LogP contribution in [0.15, 0.2) is 36.4 Å². The Morgan fingerprint density at radius 3 is 2.75 bits per heavy atom. The second kappa shape index (κ2) is 4.35. The first kappa shape index (κ1) is 10.7. The van der Waals surface area contributed by atoms with Crippen molar-refractivity contribution in [2.24, 2.45) is 0 Å². The lowest BCUT2D eigenvalue weighted by molar-refractivity contribution is 0.0528. The number of carbonyl (C=O) groups excluding carboxylic acids is 1. The smallest absolute Gasteiger partial charge is 0.338 e. The van der Waals surface area contributed by atoms with Crippen molar-refractivity contribution < 1.29 is 9.53 Å². The number of fused-ring (bicyclic) bond motifs is 1. The normalized spacial score (nSPS) is 10.4. The Morgan fingerprint density at radius 2 is 2.00 bits per heavy atom. The summed E-state index contributed by atoms with van der Waals surface area (Å²) in [6, 6.07) is 11.8. The molecule has 2 nitrogen and oxygen atoms in total. The number of aryl methyl sites for hydroxylation is 1. The predicted octanol–water partition coefficient (Wildman–Crippen LogP) is 3.32. The molecule has 0 radical (unpaired) electrons. The van der Waals surface area contributed by atoms with Crippen LogP contribution in [0.2, 0.25) is 0 Å². The van der Waals surface area contributed by atoms with E-state index in [1.54, 1.807) is 0 Å². The van der Waals surface area contributed by atoms with E-state index in [4.69, 9.17) is 4.74 Å². The zero-order valence-electron chi connectivity index (χ0n) is 9.49. The summed E-state index contributed by atoms with van der Waals surface area (Å²) in [5, 5.41) is 2.03. The SMILES string of the molecule is CCOC(=O)c1cc(C)cc2ccccc12. The van der Waals surface area contributed by atoms with Crippen LogP contribution in [0.4, 0.5) is 0 Å². The quantitative estimate of drug-likeness (QED) is 0.717. The molecule has 2 heteroatoms. The van der Waals surface area contributed by atoms with Crippen molar-refractivity contribution in [2.75, 3.05) is 6.61 Å². The van der Waals surface area contributed by atoms with Gasteiger partial charge in [0.05, 0.1) is 12.2 Å². The van der Waals surface area contributed by atoms with Gasteiger partial charge in [-0.15, -0.1) is 0 Å². The Balaban J connectivity index is 2.63. The summed E-state index contributed by atoms with van der Waals surface area (Å²) < 4.78 is 5.05. The number of ether oxygens (including phenoxy) is 1. The molecule has 0 saturated carbocycles. The summed E-state index contributed by atoms with van der Waals surface area (Å²) in [4.78, 5) is 11.8. The average molecular weight is 214 g/mol. The third kappa shape index (κ3) is 1.91. The van der Waals surface area contributed by atoms with Crippen LogP contribution in [-0.2, 0) is 4.74 Å². The van der Waals surface area contributed by atoms with Crippen molar-refractivity contribution in [1.82, 2.24) is 0 Å². The van der Waals surface area contributed by atoms with E-state index in [9.17, 15) is 4.79 Å². The molecule has 0 aliphatic rings. The maximum atomic E-state index is 11.8. The molecular formula is C14H14O2. The molecule has 0 spiro atoms. The highest BCUT2D eigenvalue weighted by Gasteiger charge is 2.11. The number of hydrogen-bond donors (Lipinski definition) is 0. The fraction of sp³-hybridized carbons (Fsp3) is 0.214. The lowest BCUT2D eigenvalue weighted by Crippen LogP contribution is -2.05. The summed E-state index contributed by atoms with van der Waals surface area (Å²) in [5.74, 6) is -0.248. The molecule has 0 saturated heterocycles. The first-order valence-corrected chi connectivity index (χ1v) is 5.39. The molecule has 0 aromatic heterocycles. The topological polar surface area (TPSA) is 26.3 Å². The second-order valence-corrected chi connectivity index (χ2v) is 3.75. The van der Waals surface area contributed by atoms with Crippen molar-refractivity contribution in [2.45, 2.75) is 13.8 Å². The van der Waals surface area contributed by atoms with Gasteiger partial charge < -0.3 is 4.74 Å². The lowest BCUT2D eigenvalue weighted by atomic mass is 10.0. The number of carbonyl (C=O) groups is 1. The Kier molecular flexibility index (Phi) is 2.91. The van der Waals surface area contributed by atoms with Crippen LogP contribution in [0, 0.1) is 6.92 Å². The van der Waals surface area contributed by atoms with E-state index in [1.165, 1.54) is 0 Å². The molecule has 0 unspecified atom stereocenters. The first-order chi connectivity index (χ1) is 7.72. The van der Waals surface area contributed by atoms with Gasteiger partial charge in [0.25, 0.3) is 0 Å². The van der Waals surface area contributed by atoms with Gasteiger partial charge >= 0.3 is 5.97 Å². The van der Waals surface area contributed by atoms with Crippen molar-refractivity contribution in [3.63, 3.8) is 0 Å². The molecule has 0 N–H and O–H groups in total. The predicted molar refractivity (Wildman–Crippen MR) is 64.6 cm³/mol. The third-order valence-corrected chi connectivity index (χ3v) is 2.50. The van der Waals surface area contributed by atoms with E-state index in [0.29, 0.717) is 12.2 Å². The molecule has 2 aromatic rings. The van der Waals surface area contributed by atoms with Gasteiger partial charge in [-0.25, -0.2) is 4.79 Å². The van der Waals surface area contributed by atoms with Crippen LogP contribution in [0.5, 0.6) is 0 Å². The van der Waals surface area contributed by atoms with Gasteiger partial charge in [-0.3, -0.25) is 0 Å². The van der Waals surface area contributed by atoms with Gasteiger partial charge in [0.2, 0.25) is 0 Å². The van der Waals surface area contributed by atoms with Gasteiger partial charge in [0.15, 0.2) is 0 Å². The van der Waals surface area contributed by atoms with Gasteiger partial charge in [-0.05, 0) is 36.2 Å². The average Bonchev–Trinajstić information content (AvgIpc) is 2.28. The molecule has 0 atom stereocenters. The maximum Gasteiger partial charge on any atom is 0.338 e. The van der Waals surface area contributed by atoms with E-state index < -0.39 is 0 Å². The maximum absolute atomic E-state index is 11.8. The standard InChI is InChI=1S/C14H14O2/c1-3-16-14(15)13-9-10(2)8-11-6-4-5-7-12(11)13/h4-9H,3H2,1-2H3. The largest absolute Gasteiger partial charge is 0.462 e. The highest BCUT2D eigenvalue weighted by Crippen LogP contribution is 2.21. The lowest BCUT2D eigenvalue weighted by Gasteiger charge is -2.07. The van der Waals surface area contributed by atoms with Crippen LogP contribution < -0.4 is 0 Å². The zero-order valence-corrected chi connectivity index (χ0v) is 9.49. The Bertz CT molecular complexity index is 529. The molecule has 16 heavy (non-hydrogen) atoms. The van der Waals surface area contributed by atoms with E-state index in [2.05, 4.69) is 6.07 Å². The second-order valence-electron chi connectivity index (χ2n) is 3.75. The van der Waals surface area contributed by atoms with E-state index in [1.807, 2.05) is 44.2 Å². The summed E-state index contributed by atoms with van der Waals surface area (Å²) in [6.07, 6.45) is 0. The minimum absolute atomic E-state index is 0.248. The molecule has 0 amide bonds. The van der Waals surface area contributed by atoms with Crippen molar-refractivity contribution in [3.8, 4) is 0 Å². The Labute approximate surface area is 94.8 Å². The fourth-order valence-electron chi connectivity index (χ4n) is 1.84. The minimum atomic E-state index is -0.248. The first-order valence-electron chi connectivity index (χ1n) is 5.39. The number of benzene rings is 2. The number of rotatable bonds is 2. The molecule has 2 aromatic carbocycles. The summed E-state index contributed by atoms with van der Waals surface area (Å²) in [6.45, 7) is 4.20. The number of esters is 1. The molecule has 0 bridgehead atoms. The van der Waals surface area contributed by atoms with Crippen LogP contribution >= 0.6 is 0 Å². The molecule has 82 valence electrons. The zero-order chi connectivity index (χ0) is 11.5. The monoisotopic (exact) mass is 214 g/mol. The van der Waals surface area contributed by atoms with Crippen LogP contribution in [0.1, 0.15) is 22.8 Å². The Morgan fingerprint density at radius 1 is 1.25 bits per heavy atom. The van der Waals surface area contributed by atoms with Crippen molar-refractivity contribution in [1.29, 1.82) is 0 Å². The summed E-state index contributed by atoms with van der Waals surface area (Å²) in [7, 11) is 0. The summed E-state index contributed by atoms with van der Waals surface area (Å²) >= 11 is 0. The van der Waals surface area contributed by atoms with Gasteiger partial charge in [0.1, 0.15) is 0 Å². The van der Waals surface area contributed by atoms with Crippen LogP contribution in [-0.4, -0.2) is 12.6 Å². The molecule has 2 rings (SSSR count). The van der Waals surface area contributed by atoms with Crippen molar-refractivity contribution in [3.05, 3.63) is 47.5 Å². The van der Waals surface area contributed by atoms with E-state index in [-0.39, 0.29) is 5.97 Å². The van der Waals surface area contributed by atoms with E-state index >= 15 is 0 Å². The Hall–Kier alpha value is -1.83. The summed E-state index contributed by atoms with van der Waals surface area (Å²) in [5.41, 5.74) is 1.72. The highest BCUT2D eigenvalue weighted by atomic mass is 16.5. The van der Waals surface area contributed by atoms with E-state index in [0.717, 1.165) is 16.3 Å².